The normalized spacial score (nSPS) is 16.4. The molecule has 1 amide bonds. The van der Waals surface area contributed by atoms with E-state index >= 15 is 0 Å². The first kappa shape index (κ1) is 12.5. The monoisotopic (exact) mass is 255 g/mol. The largest absolute Gasteiger partial charge is 0.459 e. The molecule has 17 heavy (non-hydrogen) atoms. The molecule has 1 aromatic heterocycles. The molecular formula is C13H18ClNO2. The van der Waals surface area contributed by atoms with Gasteiger partial charge in [-0.15, -0.1) is 11.6 Å². The minimum Gasteiger partial charge on any atom is -0.459 e. The Labute approximate surface area is 107 Å². The van der Waals surface area contributed by atoms with Crippen LogP contribution in [-0.4, -0.2) is 29.3 Å². The summed E-state index contributed by atoms with van der Waals surface area (Å²) in [5.41, 5.74) is 0.896. The number of aryl methyl sites for hydroxylation is 1. The maximum atomic E-state index is 12.4. The van der Waals surface area contributed by atoms with Crippen molar-refractivity contribution in [3.63, 3.8) is 0 Å². The Bertz CT molecular complexity index is 383. The van der Waals surface area contributed by atoms with Gasteiger partial charge in [0, 0.05) is 24.0 Å². The number of nitrogens with zero attached hydrogens (tertiary/aromatic N) is 1. The Kier molecular flexibility index (Phi) is 4.11. The molecule has 0 bridgehead atoms. The van der Waals surface area contributed by atoms with Crippen molar-refractivity contribution in [2.75, 3.05) is 12.4 Å². The molecule has 3 nitrogen and oxygen atoms in total. The first-order valence-electron chi connectivity index (χ1n) is 6.15. The Morgan fingerprint density at radius 1 is 1.53 bits per heavy atom. The molecule has 0 spiro atoms. The zero-order chi connectivity index (χ0) is 12.3. The summed E-state index contributed by atoms with van der Waals surface area (Å²) in [5.74, 6) is 0.921. The van der Waals surface area contributed by atoms with E-state index in [1.807, 2.05) is 17.9 Å². The number of furan rings is 1. The third-order valence-electron chi connectivity index (χ3n) is 3.41. The van der Waals surface area contributed by atoms with E-state index in [0.717, 1.165) is 18.4 Å². The molecule has 1 aromatic rings. The van der Waals surface area contributed by atoms with Crippen molar-refractivity contribution in [1.29, 1.82) is 0 Å². The fraction of sp³-hybridized carbons (Fsp3) is 0.615. The second kappa shape index (κ2) is 5.58. The van der Waals surface area contributed by atoms with Crippen LogP contribution in [0.1, 0.15) is 41.8 Å². The van der Waals surface area contributed by atoms with Crippen molar-refractivity contribution in [3.05, 3.63) is 23.7 Å². The van der Waals surface area contributed by atoms with E-state index in [1.165, 1.54) is 12.8 Å². The van der Waals surface area contributed by atoms with Gasteiger partial charge in [-0.2, -0.15) is 0 Å². The van der Waals surface area contributed by atoms with Crippen LogP contribution in [0.3, 0.4) is 0 Å². The van der Waals surface area contributed by atoms with Gasteiger partial charge in [0.05, 0.1) is 6.26 Å². The van der Waals surface area contributed by atoms with E-state index in [4.69, 9.17) is 16.0 Å². The van der Waals surface area contributed by atoms with Crippen LogP contribution in [0.25, 0.3) is 0 Å². The molecule has 0 radical (unpaired) electrons. The molecule has 0 aromatic carbocycles. The predicted molar refractivity (Wildman–Crippen MR) is 67.5 cm³/mol. The van der Waals surface area contributed by atoms with Crippen molar-refractivity contribution in [1.82, 2.24) is 4.90 Å². The van der Waals surface area contributed by atoms with Crippen molar-refractivity contribution in [2.45, 2.75) is 38.6 Å². The van der Waals surface area contributed by atoms with Crippen LogP contribution in [0.15, 0.2) is 16.7 Å². The number of halogens is 1. The molecule has 94 valence electrons. The third kappa shape index (κ3) is 2.65. The average Bonchev–Trinajstić information content (AvgIpc) is 2.95. The summed E-state index contributed by atoms with van der Waals surface area (Å²) in [5, 5.41) is 0. The van der Waals surface area contributed by atoms with Crippen LogP contribution in [0.5, 0.6) is 0 Å². The van der Waals surface area contributed by atoms with E-state index in [0.29, 0.717) is 24.2 Å². The molecule has 0 unspecified atom stereocenters. The third-order valence-corrected chi connectivity index (χ3v) is 3.58. The van der Waals surface area contributed by atoms with E-state index < -0.39 is 0 Å². The zero-order valence-electron chi connectivity index (χ0n) is 10.1. The van der Waals surface area contributed by atoms with Crippen LogP contribution in [0, 0.1) is 6.92 Å². The van der Waals surface area contributed by atoms with Gasteiger partial charge in [0.1, 0.15) is 0 Å². The SMILES string of the molecule is Cc1ccoc1C(=O)N(CCCl)C1CCCC1. The molecule has 0 N–H and O–H groups in total. The van der Waals surface area contributed by atoms with Crippen LogP contribution >= 0.6 is 11.6 Å². The Balaban J connectivity index is 2.15. The van der Waals surface area contributed by atoms with Gasteiger partial charge < -0.3 is 9.32 Å². The maximum absolute atomic E-state index is 12.4. The predicted octanol–water partition coefficient (Wildman–Crippen LogP) is 3.21. The summed E-state index contributed by atoms with van der Waals surface area (Å²) >= 11 is 5.80. The van der Waals surface area contributed by atoms with Crippen molar-refractivity contribution >= 4 is 17.5 Å². The molecule has 1 aliphatic carbocycles. The fourth-order valence-electron chi connectivity index (χ4n) is 2.48. The molecule has 1 fully saturated rings. The van der Waals surface area contributed by atoms with Crippen molar-refractivity contribution in [3.8, 4) is 0 Å². The lowest BCUT2D eigenvalue weighted by atomic mass is 10.2. The summed E-state index contributed by atoms with van der Waals surface area (Å²) in [4.78, 5) is 14.3. The highest BCUT2D eigenvalue weighted by molar-refractivity contribution is 6.18. The summed E-state index contributed by atoms with van der Waals surface area (Å²) in [6, 6.07) is 2.16. The van der Waals surface area contributed by atoms with Gasteiger partial charge in [-0.05, 0) is 25.8 Å². The quantitative estimate of drug-likeness (QED) is 0.774. The lowest BCUT2D eigenvalue weighted by Crippen LogP contribution is -2.40. The minimum absolute atomic E-state index is 0.0138. The van der Waals surface area contributed by atoms with Gasteiger partial charge in [-0.1, -0.05) is 12.8 Å². The minimum atomic E-state index is -0.0138. The lowest BCUT2D eigenvalue weighted by Gasteiger charge is -2.27. The van der Waals surface area contributed by atoms with Crippen LogP contribution < -0.4 is 0 Å². The zero-order valence-corrected chi connectivity index (χ0v) is 10.9. The molecule has 1 saturated carbocycles. The van der Waals surface area contributed by atoms with Gasteiger partial charge in [0.25, 0.3) is 5.91 Å². The molecule has 4 heteroatoms. The number of hydrogen-bond donors (Lipinski definition) is 0. The highest BCUT2D eigenvalue weighted by Gasteiger charge is 2.29. The van der Waals surface area contributed by atoms with Gasteiger partial charge in [0.2, 0.25) is 0 Å². The number of hydrogen-bond acceptors (Lipinski definition) is 2. The first-order valence-corrected chi connectivity index (χ1v) is 6.68. The van der Waals surface area contributed by atoms with E-state index in [2.05, 4.69) is 0 Å². The molecule has 1 aliphatic rings. The molecule has 2 rings (SSSR count). The highest BCUT2D eigenvalue weighted by Crippen LogP contribution is 2.25. The second-order valence-electron chi connectivity index (χ2n) is 4.56. The number of carbonyl (C=O) groups excluding carboxylic acids is 1. The van der Waals surface area contributed by atoms with Crippen LogP contribution in [0.4, 0.5) is 0 Å². The first-order chi connectivity index (χ1) is 8.24. The second-order valence-corrected chi connectivity index (χ2v) is 4.94. The van der Waals surface area contributed by atoms with E-state index in [9.17, 15) is 4.79 Å². The topological polar surface area (TPSA) is 33.5 Å². The van der Waals surface area contributed by atoms with Gasteiger partial charge in [0.15, 0.2) is 5.76 Å². The number of carbonyl (C=O) groups is 1. The summed E-state index contributed by atoms with van der Waals surface area (Å²) in [6.07, 6.45) is 6.14. The summed E-state index contributed by atoms with van der Waals surface area (Å²) in [6.45, 7) is 2.50. The van der Waals surface area contributed by atoms with E-state index in [1.54, 1.807) is 6.26 Å². The van der Waals surface area contributed by atoms with Crippen LogP contribution in [0.2, 0.25) is 0 Å². The number of rotatable bonds is 4. The Hall–Kier alpha value is -0.960. The number of alkyl halides is 1. The van der Waals surface area contributed by atoms with E-state index in [-0.39, 0.29) is 5.91 Å². The smallest absolute Gasteiger partial charge is 0.290 e. The summed E-state index contributed by atoms with van der Waals surface area (Å²) < 4.78 is 5.28. The van der Waals surface area contributed by atoms with Gasteiger partial charge >= 0.3 is 0 Å². The summed E-state index contributed by atoms with van der Waals surface area (Å²) in [7, 11) is 0. The maximum Gasteiger partial charge on any atom is 0.290 e. The molecule has 0 aliphatic heterocycles. The van der Waals surface area contributed by atoms with Gasteiger partial charge in [-0.3, -0.25) is 4.79 Å². The van der Waals surface area contributed by atoms with Gasteiger partial charge in [-0.25, -0.2) is 0 Å². The Morgan fingerprint density at radius 2 is 2.24 bits per heavy atom. The van der Waals surface area contributed by atoms with Crippen LogP contribution in [-0.2, 0) is 0 Å². The lowest BCUT2D eigenvalue weighted by molar-refractivity contribution is 0.0661. The van der Waals surface area contributed by atoms with Crippen molar-refractivity contribution < 1.29 is 9.21 Å². The standard InChI is InChI=1S/C13H18ClNO2/c1-10-6-9-17-12(10)13(16)15(8-7-14)11-4-2-3-5-11/h6,9,11H,2-5,7-8H2,1H3. The fourth-order valence-corrected chi connectivity index (χ4v) is 2.66. The molecule has 0 atom stereocenters. The van der Waals surface area contributed by atoms with Crippen molar-refractivity contribution in [2.24, 2.45) is 0 Å². The Morgan fingerprint density at radius 3 is 2.76 bits per heavy atom. The molecule has 0 saturated heterocycles. The highest BCUT2D eigenvalue weighted by atomic mass is 35.5. The average molecular weight is 256 g/mol. The molecular weight excluding hydrogens is 238 g/mol. The molecule has 1 heterocycles. The number of amides is 1.